The van der Waals surface area contributed by atoms with Gasteiger partial charge in [0.15, 0.2) is 0 Å². The number of hydrogen-bond acceptors (Lipinski definition) is 4. The zero-order chi connectivity index (χ0) is 20.9. The lowest BCUT2D eigenvalue weighted by atomic mass is 9.97. The van der Waals surface area contributed by atoms with Crippen molar-refractivity contribution in [1.82, 2.24) is 14.5 Å². The van der Waals surface area contributed by atoms with Crippen LogP contribution in [0.15, 0.2) is 23.1 Å². The van der Waals surface area contributed by atoms with Crippen LogP contribution in [0.3, 0.4) is 0 Å². The van der Waals surface area contributed by atoms with Crippen molar-refractivity contribution in [2.75, 3.05) is 32.7 Å². The van der Waals surface area contributed by atoms with E-state index in [2.05, 4.69) is 31.0 Å². The van der Waals surface area contributed by atoms with E-state index in [-0.39, 0.29) is 11.8 Å². The summed E-state index contributed by atoms with van der Waals surface area (Å²) in [5.74, 6) is -0.0719. The Morgan fingerprint density at radius 1 is 1.18 bits per heavy atom. The van der Waals surface area contributed by atoms with Crippen molar-refractivity contribution >= 4 is 15.9 Å². The molecule has 0 radical (unpaired) electrons. The van der Waals surface area contributed by atoms with Crippen molar-refractivity contribution in [3.8, 4) is 0 Å². The number of carbonyl (C=O) groups is 1. The van der Waals surface area contributed by atoms with Crippen molar-refractivity contribution < 1.29 is 13.2 Å². The van der Waals surface area contributed by atoms with E-state index in [1.165, 1.54) is 4.31 Å². The normalized spacial score (nSPS) is 17.6. The third-order valence-corrected chi connectivity index (χ3v) is 7.84. The molecule has 0 aromatic heterocycles. The monoisotopic (exact) mass is 409 g/mol. The average molecular weight is 410 g/mol. The zero-order valence-electron chi connectivity index (χ0n) is 17.9. The molecule has 0 spiro atoms. The fourth-order valence-electron chi connectivity index (χ4n) is 3.75. The molecular formula is C21H35N3O3S. The molecule has 1 unspecified atom stereocenters. The predicted molar refractivity (Wildman–Crippen MR) is 113 cm³/mol. The first-order valence-corrected chi connectivity index (χ1v) is 11.7. The molecule has 158 valence electrons. The highest BCUT2D eigenvalue weighted by molar-refractivity contribution is 7.89. The standard InChI is InChI=1S/C21H35N3O3S/c1-6-23(7-2)18(5)15-22-21(25)19-10-12-24(13-11-19)28(26,27)20-9-8-16(3)17(4)14-20/h8-9,14,18-19H,6-7,10-13,15H2,1-5H3,(H,22,25). The van der Waals surface area contributed by atoms with E-state index in [1.807, 2.05) is 19.9 Å². The number of piperidine rings is 1. The maximum atomic E-state index is 12.9. The highest BCUT2D eigenvalue weighted by Crippen LogP contribution is 2.25. The zero-order valence-corrected chi connectivity index (χ0v) is 18.7. The van der Waals surface area contributed by atoms with E-state index in [4.69, 9.17) is 0 Å². The first-order chi connectivity index (χ1) is 13.2. The van der Waals surface area contributed by atoms with Crippen LogP contribution < -0.4 is 5.32 Å². The summed E-state index contributed by atoms with van der Waals surface area (Å²) in [5, 5.41) is 3.05. The molecule has 1 aliphatic rings. The number of nitrogens with zero attached hydrogens (tertiary/aromatic N) is 2. The quantitative estimate of drug-likeness (QED) is 0.716. The molecule has 7 heteroatoms. The molecule has 0 bridgehead atoms. The van der Waals surface area contributed by atoms with Crippen molar-refractivity contribution in [3.05, 3.63) is 29.3 Å². The van der Waals surface area contributed by atoms with Crippen molar-refractivity contribution in [2.45, 2.75) is 58.4 Å². The third kappa shape index (κ3) is 5.33. The molecule has 0 aliphatic carbocycles. The Bertz CT molecular complexity index is 767. The summed E-state index contributed by atoms with van der Waals surface area (Å²) in [6, 6.07) is 5.55. The Labute approximate surface area is 170 Å². The van der Waals surface area contributed by atoms with Crippen LogP contribution in [0, 0.1) is 19.8 Å². The van der Waals surface area contributed by atoms with Gasteiger partial charge in [0.05, 0.1) is 4.90 Å². The second-order valence-electron chi connectivity index (χ2n) is 7.74. The largest absolute Gasteiger partial charge is 0.354 e. The van der Waals surface area contributed by atoms with Gasteiger partial charge in [0.2, 0.25) is 15.9 Å². The van der Waals surface area contributed by atoms with Gasteiger partial charge in [-0.05, 0) is 70.0 Å². The summed E-state index contributed by atoms with van der Waals surface area (Å²) in [6.07, 6.45) is 1.13. The van der Waals surface area contributed by atoms with Gasteiger partial charge in [-0.1, -0.05) is 19.9 Å². The van der Waals surface area contributed by atoms with Crippen molar-refractivity contribution in [1.29, 1.82) is 0 Å². The first-order valence-electron chi connectivity index (χ1n) is 10.3. The lowest BCUT2D eigenvalue weighted by molar-refractivity contribution is -0.126. The molecule has 1 fully saturated rings. The van der Waals surface area contributed by atoms with Gasteiger partial charge in [0.1, 0.15) is 0 Å². The van der Waals surface area contributed by atoms with E-state index in [9.17, 15) is 13.2 Å². The minimum Gasteiger partial charge on any atom is -0.354 e. The Kier molecular flexibility index (Phi) is 8.04. The van der Waals surface area contributed by atoms with Gasteiger partial charge >= 0.3 is 0 Å². The van der Waals surface area contributed by atoms with Crippen LogP contribution >= 0.6 is 0 Å². The maximum Gasteiger partial charge on any atom is 0.243 e. The predicted octanol–water partition coefficient (Wildman–Crippen LogP) is 2.55. The van der Waals surface area contributed by atoms with Crippen LogP contribution in [0.2, 0.25) is 0 Å². The molecule has 1 aliphatic heterocycles. The fraction of sp³-hybridized carbons (Fsp3) is 0.667. The Morgan fingerprint density at radius 3 is 2.32 bits per heavy atom. The molecule has 1 amide bonds. The fourth-order valence-corrected chi connectivity index (χ4v) is 5.31. The van der Waals surface area contributed by atoms with Crippen LogP contribution in [0.5, 0.6) is 0 Å². The van der Waals surface area contributed by atoms with Gasteiger partial charge in [-0.15, -0.1) is 0 Å². The van der Waals surface area contributed by atoms with E-state index in [1.54, 1.807) is 12.1 Å². The van der Waals surface area contributed by atoms with E-state index in [0.717, 1.165) is 24.2 Å². The average Bonchev–Trinajstić information content (AvgIpc) is 2.69. The molecule has 6 nitrogen and oxygen atoms in total. The second-order valence-corrected chi connectivity index (χ2v) is 9.68. The number of rotatable bonds is 8. The van der Waals surface area contributed by atoms with Crippen LogP contribution in [0.25, 0.3) is 0 Å². The molecule has 1 N–H and O–H groups in total. The molecule has 2 rings (SSSR count). The molecular weight excluding hydrogens is 374 g/mol. The minimum atomic E-state index is -3.50. The van der Waals surface area contributed by atoms with E-state index >= 15 is 0 Å². The molecule has 1 atom stereocenters. The molecule has 1 heterocycles. The van der Waals surface area contributed by atoms with Crippen LogP contribution in [0.4, 0.5) is 0 Å². The van der Waals surface area contributed by atoms with Gasteiger partial charge in [-0.25, -0.2) is 8.42 Å². The Balaban J connectivity index is 1.91. The van der Waals surface area contributed by atoms with Gasteiger partial charge in [0.25, 0.3) is 0 Å². The summed E-state index contributed by atoms with van der Waals surface area (Å²) in [5.41, 5.74) is 2.05. The van der Waals surface area contributed by atoms with Gasteiger partial charge < -0.3 is 5.32 Å². The molecule has 1 saturated heterocycles. The highest BCUT2D eigenvalue weighted by Gasteiger charge is 2.32. The number of sulfonamides is 1. The summed E-state index contributed by atoms with van der Waals surface area (Å²) in [6.45, 7) is 13.6. The number of hydrogen-bond donors (Lipinski definition) is 1. The maximum absolute atomic E-state index is 12.9. The van der Waals surface area contributed by atoms with Gasteiger partial charge in [0, 0.05) is 31.6 Å². The summed E-state index contributed by atoms with van der Waals surface area (Å²) >= 11 is 0. The summed E-state index contributed by atoms with van der Waals surface area (Å²) < 4.78 is 27.3. The lowest BCUT2D eigenvalue weighted by Crippen LogP contribution is -2.46. The topological polar surface area (TPSA) is 69.7 Å². The Morgan fingerprint density at radius 2 is 1.79 bits per heavy atom. The van der Waals surface area contributed by atoms with Crippen LogP contribution in [-0.4, -0.2) is 62.3 Å². The summed E-state index contributed by atoms with van der Waals surface area (Å²) in [7, 11) is -3.50. The number of benzene rings is 1. The smallest absolute Gasteiger partial charge is 0.243 e. The van der Waals surface area contributed by atoms with Gasteiger partial charge in [-0.2, -0.15) is 4.31 Å². The van der Waals surface area contributed by atoms with Crippen LogP contribution in [-0.2, 0) is 14.8 Å². The first kappa shape index (κ1) is 22.8. The number of amides is 1. The van der Waals surface area contributed by atoms with E-state index < -0.39 is 10.0 Å². The third-order valence-electron chi connectivity index (χ3n) is 5.95. The SMILES string of the molecule is CCN(CC)C(C)CNC(=O)C1CCN(S(=O)(=O)c2ccc(C)c(C)c2)CC1. The number of likely N-dealkylation sites (N-methyl/N-ethyl adjacent to an activating group) is 1. The number of carbonyl (C=O) groups excluding carboxylic acids is 1. The molecule has 28 heavy (non-hydrogen) atoms. The van der Waals surface area contributed by atoms with Crippen molar-refractivity contribution in [3.63, 3.8) is 0 Å². The van der Waals surface area contributed by atoms with Gasteiger partial charge in [-0.3, -0.25) is 9.69 Å². The molecule has 1 aromatic rings. The van der Waals surface area contributed by atoms with Crippen LogP contribution in [0.1, 0.15) is 44.7 Å². The number of aryl methyl sites for hydroxylation is 2. The number of nitrogens with one attached hydrogen (secondary N) is 1. The van der Waals surface area contributed by atoms with Crippen molar-refractivity contribution in [2.24, 2.45) is 5.92 Å². The molecule has 0 saturated carbocycles. The van der Waals surface area contributed by atoms with E-state index in [0.29, 0.717) is 43.4 Å². The minimum absolute atomic E-state index is 0.0437. The second kappa shape index (κ2) is 9.85. The highest BCUT2D eigenvalue weighted by atomic mass is 32.2. The summed E-state index contributed by atoms with van der Waals surface area (Å²) in [4.78, 5) is 15.2. The molecule has 1 aromatic carbocycles. The Hall–Kier alpha value is -1.44. The lowest BCUT2D eigenvalue weighted by Gasteiger charge is -2.31.